The fourth-order valence-corrected chi connectivity index (χ4v) is 2.87. The van der Waals surface area contributed by atoms with Crippen LogP contribution in [0, 0.1) is 13.8 Å². The highest BCUT2D eigenvalue weighted by molar-refractivity contribution is 6.05. The zero-order chi connectivity index (χ0) is 17.6. The maximum Gasteiger partial charge on any atom is 0.258 e. The lowest BCUT2D eigenvalue weighted by Gasteiger charge is -2.17. The zero-order valence-electron chi connectivity index (χ0n) is 14.1. The SMILES string of the molecule is Cc1cc(C(=O)N(C)Cc2nnc3ccccn23)c2c(C)noc2n1. The Morgan fingerprint density at radius 3 is 2.96 bits per heavy atom. The van der Waals surface area contributed by atoms with Crippen molar-refractivity contribution in [3.63, 3.8) is 0 Å². The van der Waals surface area contributed by atoms with Crippen LogP contribution in [0.4, 0.5) is 0 Å². The average molecular weight is 336 g/mol. The predicted molar refractivity (Wildman–Crippen MR) is 90.1 cm³/mol. The zero-order valence-corrected chi connectivity index (χ0v) is 14.1. The molecule has 4 aromatic rings. The number of pyridine rings is 2. The van der Waals surface area contributed by atoms with Gasteiger partial charge in [-0.05, 0) is 32.0 Å². The number of hydrogen-bond donors (Lipinski definition) is 0. The summed E-state index contributed by atoms with van der Waals surface area (Å²) in [5.41, 5.74) is 3.00. The van der Waals surface area contributed by atoms with Crippen molar-refractivity contribution in [3.8, 4) is 0 Å². The molecule has 0 aliphatic heterocycles. The van der Waals surface area contributed by atoms with Gasteiger partial charge in [0, 0.05) is 18.9 Å². The predicted octanol–water partition coefficient (Wildman–Crippen LogP) is 2.15. The number of fused-ring (bicyclic) bond motifs is 2. The van der Waals surface area contributed by atoms with Gasteiger partial charge in [0.2, 0.25) is 0 Å². The summed E-state index contributed by atoms with van der Waals surface area (Å²) >= 11 is 0. The first-order valence-corrected chi connectivity index (χ1v) is 7.82. The van der Waals surface area contributed by atoms with Crippen LogP contribution in [0.15, 0.2) is 35.0 Å². The molecule has 126 valence electrons. The van der Waals surface area contributed by atoms with Crippen molar-refractivity contribution in [2.75, 3.05) is 7.05 Å². The van der Waals surface area contributed by atoms with Gasteiger partial charge in [-0.3, -0.25) is 9.20 Å². The van der Waals surface area contributed by atoms with Crippen molar-refractivity contribution in [2.24, 2.45) is 0 Å². The number of carbonyl (C=O) groups excluding carboxylic acids is 1. The third-order valence-electron chi connectivity index (χ3n) is 4.09. The topological polar surface area (TPSA) is 89.4 Å². The second-order valence-corrected chi connectivity index (χ2v) is 5.97. The van der Waals surface area contributed by atoms with Gasteiger partial charge in [-0.1, -0.05) is 11.2 Å². The highest BCUT2D eigenvalue weighted by Crippen LogP contribution is 2.23. The highest BCUT2D eigenvalue weighted by atomic mass is 16.5. The largest absolute Gasteiger partial charge is 0.336 e. The van der Waals surface area contributed by atoms with Gasteiger partial charge in [0.1, 0.15) is 0 Å². The Morgan fingerprint density at radius 2 is 2.12 bits per heavy atom. The molecule has 0 atom stereocenters. The molecule has 0 aromatic carbocycles. The molecule has 0 aliphatic rings. The lowest BCUT2D eigenvalue weighted by atomic mass is 10.1. The van der Waals surface area contributed by atoms with Gasteiger partial charge >= 0.3 is 0 Å². The summed E-state index contributed by atoms with van der Waals surface area (Å²) < 4.78 is 7.07. The molecule has 1 amide bonds. The lowest BCUT2D eigenvalue weighted by molar-refractivity contribution is 0.0783. The Morgan fingerprint density at radius 1 is 1.28 bits per heavy atom. The van der Waals surface area contributed by atoms with Crippen molar-refractivity contribution in [1.82, 2.24) is 29.6 Å². The van der Waals surface area contributed by atoms with E-state index in [9.17, 15) is 4.79 Å². The van der Waals surface area contributed by atoms with E-state index in [0.29, 0.717) is 40.4 Å². The van der Waals surface area contributed by atoms with E-state index in [1.165, 1.54) is 0 Å². The van der Waals surface area contributed by atoms with E-state index in [0.717, 1.165) is 5.65 Å². The van der Waals surface area contributed by atoms with Crippen LogP contribution in [0.2, 0.25) is 0 Å². The molecule has 8 heteroatoms. The number of nitrogens with zero attached hydrogens (tertiary/aromatic N) is 6. The number of aromatic nitrogens is 5. The molecule has 0 spiro atoms. The number of amides is 1. The third-order valence-corrected chi connectivity index (χ3v) is 4.09. The van der Waals surface area contributed by atoms with E-state index >= 15 is 0 Å². The standard InChI is InChI=1S/C17H16N6O2/c1-10-8-12(15-11(2)21-25-16(15)18-10)17(24)22(3)9-14-20-19-13-6-4-5-7-23(13)14/h4-8H,9H2,1-3H3. The summed E-state index contributed by atoms with van der Waals surface area (Å²) in [4.78, 5) is 18.9. The van der Waals surface area contributed by atoms with Crippen LogP contribution >= 0.6 is 0 Å². The van der Waals surface area contributed by atoms with Crippen LogP contribution in [0.25, 0.3) is 16.7 Å². The molecule has 0 radical (unpaired) electrons. The first-order chi connectivity index (χ1) is 12.0. The van der Waals surface area contributed by atoms with E-state index in [2.05, 4.69) is 20.3 Å². The summed E-state index contributed by atoms with van der Waals surface area (Å²) in [6, 6.07) is 7.42. The van der Waals surface area contributed by atoms with Crippen molar-refractivity contribution in [3.05, 3.63) is 53.2 Å². The quantitative estimate of drug-likeness (QED) is 0.569. The minimum absolute atomic E-state index is 0.144. The minimum Gasteiger partial charge on any atom is -0.336 e. The Labute approximate surface area is 143 Å². The Kier molecular flexibility index (Phi) is 3.45. The molecule has 0 N–H and O–H groups in total. The Bertz CT molecular complexity index is 1100. The van der Waals surface area contributed by atoms with Crippen molar-refractivity contribution in [1.29, 1.82) is 0 Å². The summed E-state index contributed by atoms with van der Waals surface area (Å²) in [6.07, 6.45) is 1.88. The summed E-state index contributed by atoms with van der Waals surface area (Å²) in [5.74, 6) is 0.546. The molecule has 4 rings (SSSR count). The van der Waals surface area contributed by atoms with Crippen LogP contribution < -0.4 is 0 Å². The summed E-state index contributed by atoms with van der Waals surface area (Å²) in [5, 5.41) is 12.9. The lowest BCUT2D eigenvalue weighted by Crippen LogP contribution is -2.27. The maximum absolute atomic E-state index is 13.0. The average Bonchev–Trinajstić information content (AvgIpc) is 3.18. The van der Waals surface area contributed by atoms with Gasteiger partial charge in [0.25, 0.3) is 11.6 Å². The maximum atomic E-state index is 13.0. The van der Waals surface area contributed by atoms with E-state index in [4.69, 9.17) is 4.52 Å². The fourth-order valence-electron chi connectivity index (χ4n) is 2.87. The van der Waals surface area contributed by atoms with E-state index in [1.54, 1.807) is 24.9 Å². The molecule has 0 unspecified atom stereocenters. The van der Waals surface area contributed by atoms with Gasteiger partial charge < -0.3 is 9.42 Å². The van der Waals surface area contributed by atoms with E-state index in [1.807, 2.05) is 35.7 Å². The van der Waals surface area contributed by atoms with Crippen molar-refractivity contribution in [2.45, 2.75) is 20.4 Å². The Hall–Kier alpha value is -3.29. The molecule has 4 heterocycles. The van der Waals surface area contributed by atoms with Crippen LogP contribution in [0.1, 0.15) is 27.6 Å². The molecule has 0 fully saturated rings. The second kappa shape index (κ2) is 5.66. The molecule has 0 aliphatic carbocycles. The molecule has 0 saturated heterocycles. The molecular weight excluding hydrogens is 320 g/mol. The molecule has 8 nitrogen and oxygen atoms in total. The number of carbonyl (C=O) groups is 1. The Balaban J connectivity index is 1.70. The van der Waals surface area contributed by atoms with E-state index < -0.39 is 0 Å². The number of hydrogen-bond acceptors (Lipinski definition) is 6. The third kappa shape index (κ3) is 2.51. The van der Waals surface area contributed by atoms with Crippen LogP contribution in [-0.4, -0.2) is 42.6 Å². The van der Waals surface area contributed by atoms with Crippen molar-refractivity contribution < 1.29 is 9.32 Å². The fraction of sp³-hybridized carbons (Fsp3) is 0.235. The molecular formula is C17H16N6O2. The molecule has 0 saturated carbocycles. The van der Waals surface area contributed by atoms with Gasteiger partial charge in [-0.2, -0.15) is 0 Å². The van der Waals surface area contributed by atoms with Crippen LogP contribution in [-0.2, 0) is 6.54 Å². The van der Waals surface area contributed by atoms with Gasteiger partial charge in [0.15, 0.2) is 11.5 Å². The minimum atomic E-state index is -0.144. The first kappa shape index (κ1) is 15.3. The van der Waals surface area contributed by atoms with Gasteiger partial charge in [-0.15, -0.1) is 10.2 Å². The normalized spacial score (nSPS) is 11.3. The van der Waals surface area contributed by atoms with E-state index in [-0.39, 0.29) is 5.91 Å². The summed E-state index contributed by atoms with van der Waals surface area (Å²) in [7, 11) is 1.73. The van der Waals surface area contributed by atoms with Crippen LogP contribution in [0.5, 0.6) is 0 Å². The number of rotatable bonds is 3. The molecule has 25 heavy (non-hydrogen) atoms. The van der Waals surface area contributed by atoms with Gasteiger partial charge in [0.05, 0.1) is 23.2 Å². The first-order valence-electron chi connectivity index (χ1n) is 7.82. The van der Waals surface area contributed by atoms with Gasteiger partial charge in [-0.25, -0.2) is 4.98 Å². The van der Waals surface area contributed by atoms with Crippen molar-refractivity contribution >= 4 is 22.7 Å². The van der Waals surface area contributed by atoms with Crippen LogP contribution in [0.3, 0.4) is 0 Å². The second-order valence-electron chi connectivity index (χ2n) is 5.97. The molecule has 4 aromatic heterocycles. The smallest absolute Gasteiger partial charge is 0.258 e. The highest BCUT2D eigenvalue weighted by Gasteiger charge is 2.21. The molecule has 0 bridgehead atoms. The number of aryl methyl sites for hydroxylation is 2. The summed E-state index contributed by atoms with van der Waals surface area (Å²) in [6.45, 7) is 3.95. The monoisotopic (exact) mass is 336 g/mol.